The van der Waals surface area contributed by atoms with Crippen molar-refractivity contribution in [1.29, 1.82) is 0 Å². The van der Waals surface area contributed by atoms with Crippen molar-refractivity contribution in [3.63, 3.8) is 0 Å². The molecule has 220 valence electrons. The fraction of sp³-hybridized carbons (Fsp3) is 0.267. The van der Waals surface area contributed by atoms with Crippen LogP contribution in [0, 0.1) is 5.82 Å². The number of aromatic carboxylic acids is 1. The first-order valence-electron chi connectivity index (χ1n) is 13.7. The summed E-state index contributed by atoms with van der Waals surface area (Å²) < 4.78 is 17.0. The quantitative estimate of drug-likeness (QED) is 0.409. The lowest BCUT2D eigenvalue weighted by Crippen LogP contribution is -2.49. The Morgan fingerprint density at radius 1 is 1.07 bits per heavy atom. The number of benzene rings is 2. The van der Waals surface area contributed by atoms with Crippen molar-refractivity contribution >= 4 is 63.2 Å². The van der Waals surface area contributed by atoms with Gasteiger partial charge in [-0.1, -0.05) is 42.1 Å². The van der Waals surface area contributed by atoms with Gasteiger partial charge in [-0.3, -0.25) is 14.4 Å². The Morgan fingerprint density at radius 2 is 1.79 bits per heavy atom. The Kier molecular flexibility index (Phi) is 7.57. The third-order valence-corrected chi connectivity index (χ3v) is 8.43. The number of anilines is 1. The van der Waals surface area contributed by atoms with Gasteiger partial charge in [0.1, 0.15) is 17.2 Å². The molecule has 3 N–H and O–H groups in total. The van der Waals surface area contributed by atoms with E-state index >= 15 is 4.39 Å². The largest absolute Gasteiger partial charge is 0.477 e. The van der Waals surface area contributed by atoms with E-state index < -0.39 is 23.1 Å². The first-order chi connectivity index (χ1) is 20.7. The predicted molar refractivity (Wildman–Crippen MR) is 163 cm³/mol. The molecule has 0 spiro atoms. The smallest absolute Gasteiger partial charge is 0.341 e. The van der Waals surface area contributed by atoms with Crippen LogP contribution in [-0.4, -0.2) is 75.3 Å². The Labute approximate surface area is 249 Å². The number of amidine groups is 2. The van der Waals surface area contributed by atoms with Crippen LogP contribution in [-0.2, 0) is 9.59 Å². The maximum atomic E-state index is 15.3. The van der Waals surface area contributed by atoms with Gasteiger partial charge in [0, 0.05) is 43.8 Å². The molecule has 43 heavy (non-hydrogen) atoms. The number of halogens is 1. The van der Waals surface area contributed by atoms with Crippen LogP contribution in [0.2, 0.25) is 0 Å². The minimum Gasteiger partial charge on any atom is -0.477 e. The Morgan fingerprint density at radius 3 is 2.44 bits per heavy atom. The summed E-state index contributed by atoms with van der Waals surface area (Å²) in [6.45, 7) is 1.39. The van der Waals surface area contributed by atoms with Gasteiger partial charge in [-0.2, -0.15) is 4.99 Å². The number of nitrogens with zero attached hydrogens (tertiary/aromatic N) is 5. The highest BCUT2D eigenvalue weighted by molar-refractivity contribution is 8.14. The summed E-state index contributed by atoms with van der Waals surface area (Å²) in [5.41, 5.74) is 6.70. The van der Waals surface area contributed by atoms with Gasteiger partial charge in [-0.25, -0.2) is 14.2 Å². The molecule has 6 rings (SSSR count). The van der Waals surface area contributed by atoms with E-state index in [9.17, 15) is 24.3 Å². The third kappa shape index (κ3) is 5.80. The third-order valence-electron chi connectivity index (χ3n) is 7.60. The number of rotatable bonds is 6. The Balaban J connectivity index is 1.10. The van der Waals surface area contributed by atoms with Crippen LogP contribution in [0.1, 0.15) is 34.8 Å². The number of fused-ring (bicyclic) bond motifs is 1. The zero-order chi connectivity index (χ0) is 30.2. The lowest BCUT2D eigenvalue weighted by atomic mass is 10.1. The van der Waals surface area contributed by atoms with Crippen LogP contribution >= 0.6 is 11.8 Å². The van der Waals surface area contributed by atoms with Crippen LogP contribution in [0.5, 0.6) is 0 Å². The van der Waals surface area contributed by atoms with Crippen molar-refractivity contribution in [2.45, 2.75) is 18.9 Å². The number of carboxylic acids is 1. The zero-order valence-electron chi connectivity index (χ0n) is 22.9. The number of hydrogen-bond donors (Lipinski definition) is 2. The van der Waals surface area contributed by atoms with Gasteiger partial charge in [-0.15, -0.1) is 0 Å². The molecule has 2 amide bonds. The van der Waals surface area contributed by atoms with E-state index in [-0.39, 0.29) is 45.2 Å². The molecule has 2 fully saturated rings. The highest BCUT2D eigenvalue weighted by Crippen LogP contribution is 2.38. The van der Waals surface area contributed by atoms with E-state index in [4.69, 9.17) is 5.73 Å². The van der Waals surface area contributed by atoms with E-state index in [2.05, 4.69) is 9.98 Å². The summed E-state index contributed by atoms with van der Waals surface area (Å²) in [5.74, 6) is -2.63. The molecule has 1 saturated carbocycles. The van der Waals surface area contributed by atoms with E-state index in [1.54, 1.807) is 21.6 Å². The molecule has 2 aromatic carbocycles. The number of carbonyl (C=O) groups excluding carboxylic acids is 2. The molecule has 13 heteroatoms. The number of amides is 2. The highest BCUT2D eigenvalue weighted by Gasteiger charge is 2.29. The minimum atomic E-state index is -1.34. The molecule has 3 heterocycles. The first-order valence-corrected chi connectivity index (χ1v) is 14.7. The number of hydrogen-bond acceptors (Lipinski definition) is 8. The first kappa shape index (κ1) is 28.3. The monoisotopic (exact) mass is 602 g/mol. The molecule has 3 aromatic rings. The number of carboxylic acid groups (broad SMARTS) is 1. The fourth-order valence-electron chi connectivity index (χ4n) is 5.18. The molecular weight excluding hydrogens is 575 g/mol. The maximum Gasteiger partial charge on any atom is 0.341 e. The second-order valence-electron chi connectivity index (χ2n) is 10.5. The van der Waals surface area contributed by atoms with Gasteiger partial charge in [0.25, 0.3) is 5.91 Å². The molecular formula is C30H27FN6O5S. The van der Waals surface area contributed by atoms with Gasteiger partial charge >= 0.3 is 5.97 Å². The fourth-order valence-corrected chi connectivity index (χ4v) is 5.93. The molecule has 1 aromatic heterocycles. The van der Waals surface area contributed by atoms with Crippen molar-refractivity contribution < 1.29 is 23.9 Å². The molecule has 1 aliphatic carbocycles. The van der Waals surface area contributed by atoms with Gasteiger partial charge in [0.15, 0.2) is 5.17 Å². The number of pyridine rings is 1. The summed E-state index contributed by atoms with van der Waals surface area (Å²) >= 11 is 1.03. The van der Waals surface area contributed by atoms with Crippen LogP contribution < -0.4 is 16.1 Å². The number of carbonyl (C=O) groups is 3. The Hall–Kier alpha value is -4.78. The number of aliphatic imine (C=N–C) groups is 2. The molecule has 0 unspecified atom stereocenters. The molecule has 1 saturated heterocycles. The van der Waals surface area contributed by atoms with Crippen molar-refractivity contribution in [3.8, 4) is 0 Å². The maximum absolute atomic E-state index is 15.3. The van der Waals surface area contributed by atoms with Gasteiger partial charge in [0.2, 0.25) is 11.3 Å². The lowest BCUT2D eigenvalue weighted by Gasteiger charge is -2.36. The van der Waals surface area contributed by atoms with Crippen LogP contribution in [0.4, 0.5) is 10.1 Å². The van der Waals surface area contributed by atoms with Gasteiger partial charge in [-0.05, 0) is 36.6 Å². The summed E-state index contributed by atoms with van der Waals surface area (Å²) in [4.78, 5) is 61.5. The summed E-state index contributed by atoms with van der Waals surface area (Å²) in [6, 6.07) is 12.0. The van der Waals surface area contributed by atoms with Crippen LogP contribution in [0.15, 0.2) is 69.0 Å². The van der Waals surface area contributed by atoms with Gasteiger partial charge < -0.3 is 25.2 Å². The van der Waals surface area contributed by atoms with Gasteiger partial charge in [0.05, 0.1) is 22.5 Å². The average Bonchev–Trinajstić information content (AvgIpc) is 3.84. The van der Waals surface area contributed by atoms with Crippen molar-refractivity contribution in [1.82, 2.24) is 9.47 Å². The zero-order valence-corrected chi connectivity index (χ0v) is 23.7. The molecule has 0 atom stereocenters. The highest BCUT2D eigenvalue weighted by atomic mass is 32.2. The average molecular weight is 603 g/mol. The van der Waals surface area contributed by atoms with E-state index in [1.165, 1.54) is 6.20 Å². The lowest BCUT2D eigenvalue weighted by molar-refractivity contribution is -0.128. The standard InChI is InChI=1S/C30H27FN6O5S/c31-22-13-19-23(37(18-6-7-18)15-21(26(19)39)29(41)42)14-24(22)35-8-10-36(11-9-35)25(38)16-43-30-33-27(32)20(28(40)34-30)12-17-4-2-1-3-5-17/h1-5,12-15,18H,6-11,16H2,(H,41,42)(H2,32,33,34,40)/b20-12+. The van der Waals surface area contributed by atoms with Crippen molar-refractivity contribution in [3.05, 3.63) is 81.4 Å². The van der Waals surface area contributed by atoms with Crippen LogP contribution in [0.3, 0.4) is 0 Å². The molecule has 11 nitrogen and oxygen atoms in total. The molecule has 2 aliphatic heterocycles. The topological polar surface area (TPSA) is 151 Å². The molecule has 0 bridgehead atoms. The SMILES string of the molecule is NC1=NC(SCC(=O)N2CCN(c3cc4c(cc3F)c(=O)c(C(=O)O)cn4C3CC3)CC2)=NC(=O)/C1=C/c1ccccc1. The van der Waals surface area contributed by atoms with Crippen molar-refractivity contribution in [2.24, 2.45) is 15.7 Å². The van der Waals surface area contributed by atoms with E-state index in [1.807, 2.05) is 35.2 Å². The number of thioether (sulfide) groups is 1. The number of piperazine rings is 1. The normalized spacial score (nSPS) is 18.2. The molecule has 3 aliphatic rings. The predicted octanol–water partition coefficient (Wildman–Crippen LogP) is 2.89. The van der Waals surface area contributed by atoms with Crippen LogP contribution in [0.25, 0.3) is 17.0 Å². The summed E-state index contributed by atoms with van der Waals surface area (Å²) in [5, 5.41) is 9.61. The second kappa shape index (κ2) is 11.5. The van der Waals surface area contributed by atoms with E-state index in [0.717, 1.165) is 36.2 Å². The molecule has 0 radical (unpaired) electrons. The number of nitrogens with two attached hydrogens (primary N) is 1. The second-order valence-corrected chi connectivity index (χ2v) is 11.4. The number of aromatic nitrogens is 1. The summed E-state index contributed by atoms with van der Waals surface area (Å²) in [6.07, 6.45) is 4.68. The summed E-state index contributed by atoms with van der Waals surface area (Å²) in [7, 11) is 0. The Bertz CT molecular complexity index is 1810. The minimum absolute atomic E-state index is 0.00450. The van der Waals surface area contributed by atoms with Crippen molar-refractivity contribution in [2.75, 3.05) is 36.8 Å². The van der Waals surface area contributed by atoms with E-state index in [0.29, 0.717) is 37.4 Å².